The van der Waals surface area contributed by atoms with Gasteiger partial charge in [0.25, 0.3) is 0 Å². The first-order valence-corrected chi connectivity index (χ1v) is 10.3. The lowest BCUT2D eigenvalue weighted by molar-refractivity contribution is -0.929. The summed E-state index contributed by atoms with van der Waals surface area (Å²) in [6, 6.07) is 0. The van der Waals surface area contributed by atoms with Crippen LogP contribution < -0.4 is 0 Å². The summed E-state index contributed by atoms with van der Waals surface area (Å²) in [5.74, 6) is -0.361. The Bertz CT molecular complexity index is 222. The first-order chi connectivity index (χ1) is 11.0. The van der Waals surface area contributed by atoms with Crippen molar-refractivity contribution in [2.45, 2.75) is 85.5 Å². The van der Waals surface area contributed by atoms with Gasteiger partial charge in [0.15, 0.2) is 0 Å². The molecule has 0 aliphatic heterocycles. The Kier molecular flexibility index (Phi) is 19.7. The van der Waals surface area contributed by atoms with Gasteiger partial charge in [0.05, 0.1) is 32.6 Å². The van der Waals surface area contributed by atoms with E-state index in [0.717, 1.165) is 0 Å². The Balaban J connectivity index is 0. The van der Waals surface area contributed by atoms with Crippen LogP contribution in [0.5, 0.6) is 0 Å². The van der Waals surface area contributed by atoms with Crippen LogP contribution in [0.2, 0.25) is 0 Å². The summed E-state index contributed by atoms with van der Waals surface area (Å²) < 4.78 is 1.42. The molecule has 0 saturated carbocycles. The van der Waals surface area contributed by atoms with E-state index in [9.17, 15) is 4.79 Å². The maximum absolute atomic E-state index is 9.55. The zero-order valence-corrected chi connectivity index (χ0v) is 17.0. The SMILES string of the molecule is CCCC[N+](CCCC)(CCCC)CCCC.O=C(O)CCS. The minimum Gasteiger partial charge on any atom is -0.481 e. The molecule has 4 heteroatoms. The molecule has 0 rings (SSSR count). The van der Waals surface area contributed by atoms with Gasteiger partial charge < -0.3 is 9.59 Å². The van der Waals surface area contributed by atoms with E-state index in [1.54, 1.807) is 0 Å². The number of thiol groups is 1. The van der Waals surface area contributed by atoms with Crippen molar-refractivity contribution < 1.29 is 14.4 Å². The molecule has 0 radical (unpaired) electrons. The standard InChI is InChI=1S/C16H36N.C3H6O2S/c1-5-9-13-17(14-10-6-2,15-11-7-3)16-12-8-4;4-3(5)1-2-6/h5-16H2,1-4H3;6H,1-2H2,(H,4,5)/q+1;. The lowest BCUT2D eigenvalue weighted by atomic mass is 10.1. The lowest BCUT2D eigenvalue weighted by Crippen LogP contribution is -2.50. The number of aliphatic carboxylic acids is 1. The molecular weight excluding hydrogens is 306 g/mol. The number of carboxylic acid groups (broad SMARTS) is 1. The molecule has 140 valence electrons. The minimum atomic E-state index is -0.787. The van der Waals surface area contributed by atoms with Crippen molar-refractivity contribution in [3.63, 3.8) is 0 Å². The smallest absolute Gasteiger partial charge is 0.304 e. The minimum absolute atomic E-state index is 0.156. The van der Waals surface area contributed by atoms with E-state index in [4.69, 9.17) is 5.11 Å². The summed E-state index contributed by atoms with van der Waals surface area (Å²) in [5.41, 5.74) is 0. The Morgan fingerprint density at radius 2 is 1.09 bits per heavy atom. The summed E-state index contributed by atoms with van der Waals surface area (Å²) >= 11 is 3.68. The molecular formula is C19H42NO2S+. The highest BCUT2D eigenvalue weighted by molar-refractivity contribution is 7.80. The van der Waals surface area contributed by atoms with Crippen LogP contribution in [-0.4, -0.2) is 47.5 Å². The van der Waals surface area contributed by atoms with Crippen molar-refractivity contribution in [3.05, 3.63) is 0 Å². The Morgan fingerprint density at radius 3 is 1.22 bits per heavy atom. The second kappa shape index (κ2) is 18.1. The van der Waals surface area contributed by atoms with E-state index in [-0.39, 0.29) is 6.42 Å². The molecule has 0 aromatic heterocycles. The molecule has 0 aliphatic carbocycles. The van der Waals surface area contributed by atoms with Gasteiger partial charge in [0.2, 0.25) is 0 Å². The van der Waals surface area contributed by atoms with Crippen LogP contribution in [-0.2, 0) is 4.79 Å². The van der Waals surface area contributed by atoms with Crippen LogP contribution in [0.25, 0.3) is 0 Å². The van der Waals surface area contributed by atoms with E-state index in [1.165, 1.54) is 82.0 Å². The summed E-state index contributed by atoms with van der Waals surface area (Å²) in [6.07, 6.45) is 11.2. The van der Waals surface area contributed by atoms with Crippen molar-refractivity contribution in [1.82, 2.24) is 0 Å². The lowest BCUT2D eigenvalue weighted by Gasteiger charge is -2.39. The first-order valence-electron chi connectivity index (χ1n) is 9.69. The molecule has 0 heterocycles. The number of rotatable bonds is 14. The van der Waals surface area contributed by atoms with Crippen LogP contribution in [0.3, 0.4) is 0 Å². The number of quaternary nitrogens is 1. The van der Waals surface area contributed by atoms with Gasteiger partial charge in [0, 0.05) is 5.75 Å². The topological polar surface area (TPSA) is 37.3 Å². The van der Waals surface area contributed by atoms with Gasteiger partial charge >= 0.3 is 5.97 Å². The van der Waals surface area contributed by atoms with Crippen molar-refractivity contribution in [1.29, 1.82) is 0 Å². The summed E-state index contributed by atoms with van der Waals surface area (Å²) in [5, 5.41) is 7.86. The highest BCUT2D eigenvalue weighted by atomic mass is 32.1. The van der Waals surface area contributed by atoms with Gasteiger partial charge in [-0.25, -0.2) is 0 Å². The molecule has 23 heavy (non-hydrogen) atoms. The molecule has 0 spiro atoms. The molecule has 0 saturated heterocycles. The maximum atomic E-state index is 9.55. The number of carboxylic acids is 1. The van der Waals surface area contributed by atoms with Crippen molar-refractivity contribution in [2.75, 3.05) is 31.9 Å². The molecule has 1 N–H and O–H groups in total. The monoisotopic (exact) mass is 348 g/mol. The van der Waals surface area contributed by atoms with E-state index in [0.29, 0.717) is 5.75 Å². The average molecular weight is 349 g/mol. The van der Waals surface area contributed by atoms with E-state index in [2.05, 4.69) is 40.3 Å². The zero-order chi connectivity index (χ0) is 18.0. The Hall–Kier alpha value is -0.220. The normalized spacial score (nSPS) is 11.0. The Labute approximate surface area is 150 Å². The summed E-state index contributed by atoms with van der Waals surface area (Å²) in [7, 11) is 0. The van der Waals surface area contributed by atoms with Gasteiger partial charge in [-0.15, -0.1) is 0 Å². The predicted octanol–water partition coefficient (Wildman–Crippen LogP) is 5.39. The zero-order valence-electron chi connectivity index (χ0n) is 16.1. The van der Waals surface area contributed by atoms with Crippen molar-refractivity contribution >= 4 is 18.6 Å². The quantitative estimate of drug-likeness (QED) is 0.326. The number of unbranched alkanes of at least 4 members (excludes halogenated alkanes) is 4. The third-order valence-electron chi connectivity index (χ3n) is 4.27. The highest BCUT2D eigenvalue weighted by Crippen LogP contribution is 2.16. The van der Waals surface area contributed by atoms with Crippen LogP contribution in [0.4, 0.5) is 0 Å². The Morgan fingerprint density at radius 1 is 0.783 bits per heavy atom. The average Bonchev–Trinajstić information content (AvgIpc) is 2.54. The van der Waals surface area contributed by atoms with Gasteiger partial charge in [0.1, 0.15) is 0 Å². The van der Waals surface area contributed by atoms with E-state index < -0.39 is 5.97 Å². The third kappa shape index (κ3) is 16.4. The second-order valence-electron chi connectivity index (χ2n) is 6.52. The molecule has 0 fully saturated rings. The molecule has 0 amide bonds. The molecule has 0 atom stereocenters. The highest BCUT2D eigenvalue weighted by Gasteiger charge is 2.24. The van der Waals surface area contributed by atoms with Gasteiger partial charge in [-0.2, -0.15) is 12.6 Å². The van der Waals surface area contributed by atoms with E-state index in [1.807, 2.05) is 0 Å². The predicted molar refractivity (Wildman–Crippen MR) is 105 cm³/mol. The fourth-order valence-corrected chi connectivity index (χ4v) is 2.93. The summed E-state index contributed by atoms with van der Waals surface area (Å²) in [6.45, 7) is 15.0. The molecule has 0 aromatic rings. The van der Waals surface area contributed by atoms with Crippen LogP contribution in [0.1, 0.15) is 85.5 Å². The maximum Gasteiger partial charge on any atom is 0.304 e. The number of hydrogen-bond donors (Lipinski definition) is 2. The van der Waals surface area contributed by atoms with Crippen molar-refractivity contribution in [2.24, 2.45) is 0 Å². The van der Waals surface area contributed by atoms with Gasteiger partial charge in [-0.05, 0) is 25.7 Å². The van der Waals surface area contributed by atoms with E-state index >= 15 is 0 Å². The number of nitrogens with zero attached hydrogens (tertiary/aromatic N) is 1. The van der Waals surface area contributed by atoms with Crippen LogP contribution in [0.15, 0.2) is 0 Å². The first kappa shape index (κ1) is 25.0. The van der Waals surface area contributed by atoms with Crippen LogP contribution >= 0.6 is 12.6 Å². The molecule has 3 nitrogen and oxygen atoms in total. The fraction of sp³-hybridized carbons (Fsp3) is 0.947. The van der Waals surface area contributed by atoms with Crippen molar-refractivity contribution in [3.8, 4) is 0 Å². The van der Waals surface area contributed by atoms with Gasteiger partial charge in [-0.1, -0.05) is 53.4 Å². The van der Waals surface area contributed by atoms with Gasteiger partial charge in [-0.3, -0.25) is 4.79 Å². The number of carbonyl (C=O) groups is 1. The molecule has 0 aliphatic rings. The molecule has 0 bridgehead atoms. The number of hydrogen-bond acceptors (Lipinski definition) is 2. The summed E-state index contributed by atoms with van der Waals surface area (Å²) in [4.78, 5) is 9.55. The second-order valence-corrected chi connectivity index (χ2v) is 6.96. The third-order valence-corrected chi connectivity index (χ3v) is 4.49. The largest absolute Gasteiger partial charge is 0.481 e. The molecule has 0 unspecified atom stereocenters. The molecule has 0 aromatic carbocycles. The fourth-order valence-electron chi connectivity index (χ4n) is 2.74. The van der Waals surface area contributed by atoms with Crippen LogP contribution in [0, 0.1) is 0 Å².